The van der Waals surface area contributed by atoms with E-state index in [-0.39, 0.29) is 42.8 Å². The number of ether oxygens (including phenoxy) is 1. The van der Waals surface area contributed by atoms with Gasteiger partial charge in [-0.3, -0.25) is 10.1 Å². The highest BCUT2D eigenvalue weighted by molar-refractivity contribution is 7.99. The Bertz CT molecular complexity index is 522. The van der Waals surface area contributed by atoms with Crippen LogP contribution >= 0.6 is 36.6 Å². The fourth-order valence-electron chi connectivity index (χ4n) is 3.02. The maximum absolute atomic E-state index is 12.1. The summed E-state index contributed by atoms with van der Waals surface area (Å²) in [6.45, 7) is 1.89. The molecule has 5 nitrogen and oxygen atoms in total. The van der Waals surface area contributed by atoms with E-state index >= 15 is 0 Å². The molecule has 1 aromatic rings. The van der Waals surface area contributed by atoms with E-state index in [0.717, 1.165) is 49.0 Å². The number of carbonyl (C=O) groups excluding carboxylic acids is 1. The number of thioether (sulfide) groups is 1. The number of hydrogen-bond donors (Lipinski definition) is 2. The number of nitrogens with one attached hydrogen (secondary N) is 2. The number of halogens is 2. The van der Waals surface area contributed by atoms with Crippen molar-refractivity contribution in [3.63, 3.8) is 0 Å². The molecule has 0 aliphatic carbocycles. The van der Waals surface area contributed by atoms with Crippen LogP contribution in [-0.4, -0.2) is 49.8 Å². The van der Waals surface area contributed by atoms with Gasteiger partial charge in [-0.2, -0.15) is 0 Å². The predicted molar refractivity (Wildman–Crippen MR) is 105 cm³/mol. The number of hydrogen-bond acceptors (Lipinski definition) is 5. The standard InChI is InChI=1S/C16H23N3O2S.2ClH/c1-21-15-5-3-2-4-14(15)19-8-6-12(7-9-19)18-16(20)13-10-22-11-17-13;;/h2-5,12-13,17H,6-11H2,1H3,(H,18,20);2*1H. The van der Waals surface area contributed by atoms with E-state index in [4.69, 9.17) is 4.74 Å². The molecule has 24 heavy (non-hydrogen) atoms. The first-order valence-corrected chi connectivity index (χ1v) is 8.93. The molecule has 2 N–H and O–H groups in total. The van der Waals surface area contributed by atoms with Crippen LogP contribution in [0.1, 0.15) is 12.8 Å². The molecule has 3 rings (SSSR count). The lowest BCUT2D eigenvalue weighted by molar-refractivity contribution is -0.123. The van der Waals surface area contributed by atoms with Crippen LogP contribution in [0.3, 0.4) is 0 Å². The van der Waals surface area contributed by atoms with Crippen LogP contribution in [0.5, 0.6) is 5.75 Å². The molecule has 0 radical (unpaired) electrons. The molecule has 0 bridgehead atoms. The maximum Gasteiger partial charge on any atom is 0.238 e. The van der Waals surface area contributed by atoms with Crippen LogP contribution in [-0.2, 0) is 4.79 Å². The van der Waals surface area contributed by atoms with Crippen molar-refractivity contribution in [3.05, 3.63) is 24.3 Å². The average Bonchev–Trinajstić information content (AvgIpc) is 3.10. The number of para-hydroxylation sites is 2. The van der Waals surface area contributed by atoms with E-state index in [1.807, 2.05) is 18.2 Å². The van der Waals surface area contributed by atoms with Crippen LogP contribution in [0.25, 0.3) is 0 Å². The molecular formula is C16H25Cl2N3O2S. The Morgan fingerprint density at radius 3 is 2.62 bits per heavy atom. The Kier molecular flexibility index (Phi) is 9.05. The SMILES string of the molecule is COc1ccccc1N1CCC(NC(=O)C2CSCN2)CC1.Cl.Cl. The summed E-state index contributed by atoms with van der Waals surface area (Å²) < 4.78 is 5.44. The van der Waals surface area contributed by atoms with Crippen molar-refractivity contribution >= 4 is 48.2 Å². The van der Waals surface area contributed by atoms with Crippen molar-refractivity contribution in [3.8, 4) is 5.75 Å². The zero-order valence-electron chi connectivity index (χ0n) is 13.7. The molecule has 1 amide bonds. The molecule has 0 aromatic heterocycles. The van der Waals surface area contributed by atoms with E-state index in [2.05, 4.69) is 21.6 Å². The zero-order chi connectivity index (χ0) is 15.4. The van der Waals surface area contributed by atoms with Crippen LogP contribution in [0.4, 0.5) is 5.69 Å². The largest absolute Gasteiger partial charge is 0.495 e. The Labute approximate surface area is 160 Å². The van der Waals surface area contributed by atoms with E-state index in [1.54, 1.807) is 18.9 Å². The fourth-order valence-corrected chi connectivity index (χ4v) is 3.96. The van der Waals surface area contributed by atoms with E-state index < -0.39 is 0 Å². The first-order chi connectivity index (χ1) is 10.8. The first kappa shape index (κ1) is 21.2. The highest BCUT2D eigenvalue weighted by atomic mass is 35.5. The van der Waals surface area contributed by atoms with Gasteiger partial charge in [-0.15, -0.1) is 36.6 Å². The van der Waals surface area contributed by atoms with Gasteiger partial charge >= 0.3 is 0 Å². The van der Waals surface area contributed by atoms with Gasteiger partial charge in [-0.05, 0) is 25.0 Å². The fraction of sp³-hybridized carbons (Fsp3) is 0.562. The molecule has 2 saturated heterocycles. The Morgan fingerprint density at radius 2 is 2.00 bits per heavy atom. The molecule has 2 heterocycles. The summed E-state index contributed by atoms with van der Waals surface area (Å²) in [6.07, 6.45) is 1.95. The highest BCUT2D eigenvalue weighted by Crippen LogP contribution is 2.29. The number of piperidine rings is 1. The third-order valence-electron chi connectivity index (χ3n) is 4.30. The van der Waals surface area contributed by atoms with Gasteiger partial charge in [-0.25, -0.2) is 0 Å². The Balaban J connectivity index is 0.00000144. The van der Waals surface area contributed by atoms with Crippen molar-refractivity contribution in [1.29, 1.82) is 0 Å². The Morgan fingerprint density at radius 1 is 1.29 bits per heavy atom. The quantitative estimate of drug-likeness (QED) is 0.821. The summed E-state index contributed by atoms with van der Waals surface area (Å²) in [6, 6.07) is 8.38. The monoisotopic (exact) mass is 393 g/mol. The number of benzene rings is 1. The van der Waals surface area contributed by atoms with Gasteiger partial charge in [-0.1, -0.05) is 12.1 Å². The molecule has 2 fully saturated rings. The summed E-state index contributed by atoms with van der Waals surface area (Å²) in [7, 11) is 1.71. The molecule has 1 atom stereocenters. The lowest BCUT2D eigenvalue weighted by Crippen LogP contribution is -2.50. The molecule has 136 valence electrons. The molecule has 0 spiro atoms. The van der Waals surface area contributed by atoms with Gasteiger partial charge in [0.15, 0.2) is 0 Å². The topological polar surface area (TPSA) is 53.6 Å². The molecule has 8 heteroatoms. The minimum atomic E-state index is -0.0164. The number of methoxy groups -OCH3 is 1. The summed E-state index contributed by atoms with van der Waals surface area (Å²) >= 11 is 1.78. The van der Waals surface area contributed by atoms with Crippen LogP contribution in [0.2, 0.25) is 0 Å². The third-order valence-corrected chi connectivity index (χ3v) is 5.24. The van der Waals surface area contributed by atoms with Crippen molar-refractivity contribution in [2.75, 3.05) is 36.7 Å². The zero-order valence-corrected chi connectivity index (χ0v) is 16.1. The maximum atomic E-state index is 12.1. The van der Waals surface area contributed by atoms with Crippen LogP contribution < -0.4 is 20.3 Å². The molecular weight excluding hydrogens is 369 g/mol. The predicted octanol–water partition coefficient (Wildman–Crippen LogP) is 2.29. The lowest BCUT2D eigenvalue weighted by atomic mass is 10.0. The second-order valence-electron chi connectivity index (χ2n) is 5.71. The van der Waals surface area contributed by atoms with Crippen molar-refractivity contribution in [1.82, 2.24) is 10.6 Å². The second-order valence-corrected chi connectivity index (χ2v) is 6.74. The highest BCUT2D eigenvalue weighted by Gasteiger charge is 2.27. The summed E-state index contributed by atoms with van der Waals surface area (Å²) in [5, 5.41) is 6.41. The number of anilines is 1. The minimum absolute atomic E-state index is 0. The van der Waals surface area contributed by atoms with Crippen molar-refractivity contribution in [2.45, 2.75) is 24.9 Å². The lowest BCUT2D eigenvalue weighted by Gasteiger charge is -2.35. The number of nitrogens with zero attached hydrogens (tertiary/aromatic N) is 1. The molecule has 0 saturated carbocycles. The number of carbonyl (C=O) groups is 1. The van der Waals surface area contributed by atoms with E-state index in [0.29, 0.717) is 0 Å². The molecule has 2 aliphatic rings. The van der Waals surface area contributed by atoms with Crippen molar-refractivity contribution in [2.24, 2.45) is 0 Å². The minimum Gasteiger partial charge on any atom is -0.495 e. The van der Waals surface area contributed by atoms with Gasteiger partial charge in [0.05, 0.1) is 18.8 Å². The normalized spacial score (nSPS) is 20.7. The van der Waals surface area contributed by atoms with Crippen molar-refractivity contribution < 1.29 is 9.53 Å². The van der Waals surface area contributed by atoms with Gasteiger partial charge in [0, 0.05) is 30.8 Å². The number of rotatable bonds is 4. The molecule has 1 aromatic carbocycles. The molecule has 1 unspecified atom stereocenters. The van der Waals surface area contributed by atoms with Gasteiger partial charge in [0.1, 0.15) is 5.75 Å². The summed E-state index contributed by atoms with van der Waals surface area (Å²) in [5.74, 6) is 2.83. The molecule has 2 aliphatic heterocycles. The van der Waals surface area contributed by atoms with Crippen LogP contribution in [0, 0.1) is 0 Å². The third kappa shape index (κ3) is 5.09. The average molecular weight is 394 g/mol. The number of amides is 1. The van der Waals surface area contributed by atoms with E-state index in [1.165, 1.54) is 0 Å². The van der Waals surface area contributed by atoms with Crippen LogP contribution in [0.15, 0.2) is 24.3 Å². The van der Waals surface area contributed by atoms with E-state index in [9.17, 15) is 4.79 Å². The summed E-state index contributed by atoms with van der Waals surface area (Å²) in [4.78, 5) is 14.5. The summed E-state index contributed by atoms with van der Waals surface area (Å²) in [5.41, 5.74) is 1.14. The smallest absolute Gasteiger partial charge is 0.238 e. The van der Waals surface area contributed by atoms with Gasteiger partial charge < -0.3 is 15.0 Å². The Hall–Kier alpha value is -0.820. The second kappa shape index (κ2) is 10.2. The first-order valence-electron chi connectivity index (χ1n) is 7.77. The van der Waals surface area contributed by atoms with Gasteiger partial charge in [0.2, 0.25) is 5.91 Å². The van der Waals surface area contributed by atoms with Gasteiger partial charge in [0.25, 0.3) is 0 Å².